The van der Waals surface area contributed by atoms with Gasteiger partial charge in [0, 0.05) is 11.3 Å². The first-order chi connectivity index (χ1) is 6.19. The summed E-state index contributed by atoms with van der Waals surface area (Å²) >= 11 is 3.32. The Morgan fingerprint density at radius 3 is 2.46 bits per heavy atom. The lowest BCUT2D eigenvalue weighted by Gasteiger charge is -2.14. The molecule has 0 aliphatic rings. The summed E-state index contributed by atoms with van der Waals surface area (Å²) in [6, 6.07) is 4.51. The third kappa shape index (κ3) is 2.54. The predicted octanol–water partition coefficient (Wildman–Crippen LogP) is 3.13. The van der Waals surface area contributed by atoms with E-state index in [0.29, 0.717) is 5.69 Å². The van der Waals surface area contributed by atoms with E-state index in [1.165, 1.54) is 12.1 Å². The SMILES string of the molecule is CSC(SC)c1cc(F)ccc1N. The van der Waals surface area contributed by atoms with E-state index in [2.05, 4.69) is 0 Å². The van der Waals surface area contributed by atoms with Crippen LogP contribution in [-0.4, -0.2) is 12.5 Å². The maximum absolute atomic E-state index is 12.9. The summed E-state index contributed by atoms with van der Waals surface area (Å²) in [5.74, 6) is -0.225. The lowest BCUT2D eigenvalue weighted by Crippen LogP contribution is -1.97. The number of halogens is 1. The molecular weight excluding hydrogens is 205 g/mol. The van der Waals surface area contributed by atoms with Crippen LogP contribution in [0, 0.1) is 5.82 Å². The zero-order valence-electron chi connectivity index (χ0n) is 7.58. The van der Waals surface area contributed by atoms with E-state index in [4.69, 9.17) is 5.73 Å². The molecule has 0 fully saturated rings. The van der Waals surface area contributed by atoms with Gasteiger partial charge in [0.15, 0.2) is 0 Å². The number of anilines is 1. The second-order valence-electron chi connectivity index (χ2n) is 2.58. The average Bonchev–Trinajstić information content (AvgIpc) is 2.13. The van der Waals surface area contributed by atoms with Crippen molar-refractivity contribution < 1.29 is 4.39 Å². The van der Waals surface area contributed by atoms with Crippen molar-refractivity contribution in [1.82, 2.24) is 0 Å². The molecule has 0 aliphatic carbocycles. The predicted molar refractivity (Wildman–Crippen MR) is 60.6 cm³/mol. The maximum Gasteiger partial charge on any atom is 0.123 e. The zero-order valence-corrected chi connectivity index (χ0v) is 9.21. The number of thioether (sulfide) groups is 2. The Balaban J connectivity index is 3.03. The van der Waals surface area contributed by atoms with Gasteiger partial charge >= 0.3 is 0 Å². The van der Waals surface area contributed by atoms with Crippen molar-refractivity contribution in [2.45, 2.75) is 4.58 Å². The fraction of sp³-hybridized carbons (Fsp3) is 0.333. The van der Waals surface area contributed by atoms with Crippen LogP contribution in [0.1, 0.15) is 10.1 Å². The first kappa shape index (κ1) is 10.7. The van der Waals surface area contributed by atoms with Crippen molar-refractivity contribution in [1.29, 1.82) is 0 Å². The molecule has 0 bridgehead atoms. The molecule has 0 heterocycles. The minimum absolute atomic E-state index is 0.218. The highest BCUT2D eigenvalue weighted by molar-refractivity contribution is 8.15. The van der Waals surface area contributed by atoms with Gasteiger partial charge < -0.3 is 5.73 Å². The topological polar surface area (TPSA) is 26.0 Å². The van der Waals surface area contributed by atoms with Crippen molar-refractivity contribution in [3.05, 3.63) is 29.6 Å². The molecule has 0 radical (unpaired) electrons. The highest BCUT2D eigenvalue weighted by Gasteiger charge is 2.12. The van der Waals surface area contributed by atoms with Crippen molar-refractivity contribution in [3.8, 4) is 0 Å². The van der Waals surface area contributed by atoms with E-state index < -0.39 is 0 Å². The standard InChI is InChI=1S/C9H12FNS2/c1-12-9(13-2)7-5-6(10)3-4-8(7)11/h3-5,9H,11H2,1-2H3. The number of nitrogen functional groups attached to an aromatic ring is 1. The van der Waals surface area contributed by atoms with Gasteiger partial charge in [-0.15, -0.1) is 23.5 Å². The molecule has 1 rings (SSSR count). The summed E-state index contributed by atoms with van der Waals surface area (Å²) < 4.78 is 13.1. The Morgan fingerprint density at radius 1 is 1.31 bits per heavy atom. The monoisotopic (exact) mass is 217 g/mol. The molecule has 0 amide bonds. The Labute approximate surface area is 86.3 Å². The molecule has 0 atom stereocenters. The van der Waals surface area contributed by atoms with Crippen LogP contribution in [-0.2, 0) is 0 Å². The van der Waals surface area contributed by atoms with Crippen LogP contribution in [0.4, 0.5) is 10.1 Å². The van der Waals surface area contributed by atoms with E-state index >= 15 is 0 Å². The maximum atomic E-state index is 12.9. The number of nitrogens with two attached hydrogens (primary N) is 1. The van der Waals surface area contributed by atoms with Gasteiger partial charge in [0.1, 0.15) is 5.82 Å². The minimum Gasteiger partial charge on any atom is -0.398 e. The van der Waals surface area contributed by atoms with Gasteiger partial charge in [0.25, 0.3) is 0 Å². The second-order valence-corrected chi connectivity index (χ2v) is 4.76. The lowest BCUT2D eigenvalue weighted by atomic mass is 10.2. The molecule has 0 unspecified atom stereocenters. The molecule has 72 valence electrons. The van der Waals surface area contributed by atoms with E-state index in [1.807, 2.05) is 12.5 Å². The summed E-state index contributed by atoms with van der Waals surface area (Å²) in [7, 11) is 0. The Morgan fingerprint density at radius 2 is 1.92 bits per heavy atom. The summed E-state index contributed by atoms with van der Waals surface area (Å²) in [5.41, 5.74) is 7.29. The molecule has 13 heavy (non-hydrogen) atoms. The third-order valence-electron chi connectivity index (χ3n) is 1.73. The van der Waals surface area contributed by atoms with Gasteiger partial charge in [0.2, 0.25) is 0 Å². The van der Waals surface area contributed by atoms with Crippen LogP contribution in [0.5, 0.6) is 0 Å². The molecule has 0 saturated carbocycles. The molecule has 0 aliphatic heterocycles. The van der Waals surface area contributed by atoms with Crippen molar-refractivity contribution in [2.75, 3.05) is 18.2 Å². The van der Waals surface area contributed by atoms with Gasteiger partial charge in [-0.2, -0.15) is 0 Å². The number of benzene rings is 1. The Bertz CT molecular complexity index is 287. The molecule has 0 saturated heterocycles. The summed E-state index contributed by atoms with van der Waals surface area (Å²) in [6.07, 6.45) is 3.98. The quantitative estimate of drug-likeness (QED) is 0.622. The molecule has 4 heteroatoms. The molecular formula is C9H12FNS2. The van der Waals surface area contributed by atoms with Gasteiger partial charge in [-0.3, -0.25) is 0 Å². The van der Waals surface area contributed by atoms with Crippen LogP contribution in [0.2, 0.25) is 0 Å². The van der Waals surface area contributed by atoms with Crippen LogP contribution in [0.3, 0.4) is 0 Å². The van der Waals surface area contributed by atoms with Crippen LogP contribution in [0.15, 0.2) is 18.2 Å². The highest BCUT2D eigenvalue weighted by atomic mass is 32.2. The smallest absolute Gasteiger partial charge is 0.123 e. The zero-order chi connectivity index (χ0) is 9.84. The van der Waals surface area contributed by atoms with Gasteiger partial charge in [-0.1, -0.05) is 0 Å². The fourth-order valence-electron chi connectivity index (χ4n) is 1.10. The Hall–Kier alpha value is -0.350. The van der Waals surface area contributed by atoms with Crippen LogP contribution >= 0.6 is 23.5 Å². The van der Waals surface area contributed by atoms with Crippen LogP contribution < -0.4 is 5.73 Å². The normalized spacial score (nSPS) is 10.8. The van der Waals surface area contributed by atoms with Crippen molar-refractivity contribution in [3.63, 3.8) is 0 Å². The van der Waals surface area contributed by atoms with E-state index in [-0.39, 0.29) is 10.4 Å². The lowest BCUT2D eigenvalue weighted by molar-refractivity contribution is 0.626. The highest BCUT2D eigenvalue weighted by Crippen LogP contribution is 2.38. The fourth-order valence-corrected chi connectivity index (χ4v) is 2.79. The largest absolute Gasteiger partial charge is 0.398 e. The molecule has 1 aromatic rings. The number of rotatable bonds is 3. The van der Waals surface area contributed by atoms with E-state index in [9.17, 15) is 4.39 Å². The number of hydrogen-bond donors (Lipinski definition) is 1. The second kappa shape index (κ2) is 4.77. The molecule has 2 N–H and O–H groups in total. The van der Waals surface area contributed by atoms with Crippen molar-refractivity contribution in [2.24, 2.45) is 0 Å². The number of hydrogen-bond acceptors (Lipinski definition) is 3. The first-order valence-electron chi connectivity index (χ1n) is 3.79. The summed E-state index contributed by atoms with van der Waals surface area (Å²) in [5, 5.41) is 0. The summed E-state index contributed by atoms with van der Waals surface area (Å²) in [6.45, 7) is 0. The first-order valence-corrected chi connectivity index (χ1v) is 6.37. The van der Waals surface area contributed by atoms with Crippen molar-refractivity contribution >= 4 is 29.2 Å². The van der Waals surface area contributed by atoms with Gasteiger partial charge in [0.05, 0.1) is 4.58 Å². The summed E-state index contributed by atoms with van der Waals surface area (Å²) in [4.78, 5) is 0. The van der Waals surface area contributed by atoms with Crippen LogP contribution in [0.25, 0.3) is 0 Å². The van der Waals surface area contributed by atoms with Gasteiger partial charge in [-0.05, 0) is 30.7 Å². The minimum atomic E-state index is -0.225. The molecule has 1 aromatic carbocycles. The third-order valence-corrected chi connectivity index (χ3v) is 4.25. The molecule has 0 spiro atoms. The van der Waals surface area contributed by atoms with E-state index in [0.717, 1.165) is 5.56 Å². The molecule has 0 aromatic heterocycles. The van der Waals surface area contributed by atoms with Gasteiger partial charge in [-0.25, -0.2) is 4.39 Å². The average molecular weight is 217 g/mol. The Kier molecular flexibility index (Phi) is 3.93. The van der Waals surface area contributed by atoms with E-state index in [1.54, 1.807) is 29.6 Å². The molecule has 1 nitrogen and oxygen atoms in total.